The highest BCUT2D eigenvalue weighted by Gasteiger charge is 2.48. The summed E-state index contributed by atoms with van der Waals surface area (Å²) < 4.78 is 18.1. The van der Waals surface area contributed by atoms with Crippen molar-refractivity contribution in [2.75, 3.05) is 26.3 Å². The van der Waals surface area contributed by atoms with E-state index in [4.69, 9.17) is 37.4 Å². The van der Waals surface area contributed by atoms with Crippen molar-refractivity contribution in [2.45, 2.75) is 5.79 Å². The minimum absolute atomic E-state index is 0.185. The molecule has 3 aromatic rings. The highest BCUT2D eigenvalue weighted by Crippen LogP contribution is 2.54. The van der Waals surface area contributed by atoms with Gasteiger partial charge in [0.1, 0.15) is 0 Å². The van der Waals surface area contributed by atoms with Crippen molar-refractivity contribution in [2.24, 2.45) is 0 Å². The third-order valence-electron chi connectivity index (χ3n) is 5.46. The van der Waals surface area contributed by atoms with Gasteiger partial charge < -0.3 is 19.1 Å². The lowest BCUT2D eigenvalue weighted by molar-refractivity contribution is -0.0458. The number of benzene rings is 3. The van der Waals surface area contributed by atoms with Gasteiger partial charge in [-0.3, -0.25) is 4.79 Å². The van der Waals surface area contributed by atoms with Crippen LogP contribution in [0.25, 0.3) is 0 Å². The van der Waals surface area contributed by atoms with E-state index in [1.807, 2.05) is 60.7 Å². The van der Waals surface area contributed by atoms with Gasteiger partial charge in [-0.25, -0.2) is 0 Å². The van der Waals surface area contributed by atoms with Gasteiger partial charge in [0, 0.05) is 24.2 Å². The van der Waals surface area contributed by atoms with Crippen molar-refractivity contribution in [3.63, 3.8) is 0 Å². The van der Waals surface area contributed by atoms with E-state index in [1.165, 1.54) is 0 Å². The second-order valence-electron chi connectivity index (χ2n) is 7.34. The first-order chi connectivity index (χ1) is 15.1. The van der Waals surface area contributed by atoms with Crippen molar-refractivity contribution in [3.05, 3.63) is 93.5 Å². The average Bonchev–Trinajstić information content (AvgIpc) is 3.26. The average molecular weight is 456 g/mol. The number of fused-ring (bicyclic) bond motifs is 1. The predicted molar refractivity (Wildman–Crippen MR) is 118 cm³/mol. The molecule has 2 aliphatic rings. The molecule has 1 fully saturated rings. The van der Waals surface area contributed by atoms with Crippen LogP contribution in [0.5, 0.6) is 11.5 Å². The summed E-state index contributed by atoms with van der Waals surface area (Å²) in [5.74, 6) is -0.895. The van der Waals surface area contributed by atoms with Gasteiger partial charge >= 0.3 is 5.79 Å². The zero-order chi connectivity index (χ0) is 21.4. The Kier molecular flexibility index (Phi) is 5.26. The molecule has 0 aromatic heterocycles. The number of amides is 1. The molecule has 0 N–H and O–H groups in total. The molecule has 0 spiro atoms. The summed E-state index contributed by atoms with van der Waals surface area (Å²) in [4.78, 5) is 14.8. The molecule has 7 heteroatoms. The number of ether oxygens (including phenoxy) is 3. The molecule has 0 unspecified atom stereocenters. The van der Waals surface area contributed by atoms with Crippen molar-refractivity contribution < 1.29 is 19.0 Å². The summed E-state index contributed by atoms with van der Waals surface area (Å²) in [5, 5.41) is 0.453. The predicted octanol–water partition coefficient (Wildman–Crippen LogP) is 5.14. The molecule has 3 aromatic carbocycles. The third kappa shape index (κ3) is 3.43. The number of halogens is 2. The van der Waals surface area contributed by atoms with Gasteiger partial charge in [0.25, 0.3) is 5.91 Å². The van der Waals surface area contributed by atoms with Crippen LogP contribution in [-0.4, -0.2) is 37.1 Å². The molecule has 0 bridgehead atoms. The Hall–Kier alpha value is -2.73. The first-order valence-electron chi connectivity index (χ1n) is 9.98. The Morgan fingerprint density at radius 3 is 1.97 bits per heavy atom. The Morgan fingerprint density at radius 1 is 0.839 bits per heavy atom. The molecule has 5 rings (SSSR count). The van der Waals surface area contributed by atoms with Gasteiger partial charge in [0.05, 0.1) is 28.8 Å². The highest BCUT2D eigenvalue weighted by molar-refractivity contribution is 6.38. The maximum atomic E-state index is 13.1. The molecule has 1 amide bonds. The van der Waals surface area contributed by atoms with Crippen LogP contribution in [0.3, 0.4) is 0 Å². The van der Waals surface area contributed by atoms with E-state index in [0.29, 0.717) is 32.1 Å². The molecule has 0 aliphatic carbocycles. The largest absolute Gasteiger partial charge is 0.439 e. The molecule has 0 saturated carbocycles. The Labute approximate surface area is 190 Å². The van der Waals surface area contributed by atoms with Crippen LogP contribution in [0.15, 0.2) is 66.7 Å². The molecule has 0 atom stereocenters. The SMILES string of the molecule is O=C(c1cc(Cl)c2c(c1Cl)OC(c1ccccc1)(c1ccccc1)O2)N1CCOCC1. The van der Waals surface area contributed by atoms with Crippen LogP contribution < -0.4 is 9.47 Å². The lowest BCUT2D eigenvalue weighted by Gasteiger charge is -2.28. The quantitative estimate of drug-likeness (QED) is 0.548. The summed E-state index contributed by atoms with van der Waals surface area (Å²) >= 11 is 13.3. The summed E-state index contributed by atoms with van der Waals surface area (Å²) in [6.45, 7) is 1.98. The van der Waals surface area contributed by atoms with E-state index in [0.717, 1.165) is 11.1 Å². The van der Waals surface area contributed by atoms with Crippen LogP contribution in [0.1, 0.15) is 21.5 Å². The second kappa shape index (κ2) is 8.08. The molecule has 0 radical (unpaired) electrons. The molecular formula is C24H19Cl2NO4. The van der Waals surface area contributed by atoms with Crippen molar-refractivity contribution in [1.29, 1.82) is 0 Å². The zero-order valence-corrected chi connectivity index (χ0v) is 18.0. The number of carbonyl (C=O) groups excluding carboxylic acids is 1. The van der Waals surface area contributed by atoms with E-state index >= 15 is 0 Å². The number of carbonyl (C=O) groups is 1. The Bertz CT molecular complexity index is 1080. The maximum absolute atomic E-state index is 13.1. The number of hydrogen-bond acceptors (Lipinski definition) is 4. The van der Waals surface area contributed by atoms with Gasteiger partial charge in [0.2, 0.25) is 0 Å². The minimum atomic E-state index is -1.27. The van der Waals surface area contributed by atoms with Crippen LogP contribution in [0, 0.1) is 0 Å². The first kappa shape index (κ1) is 20.2. The fraction of sp³-hybridized carbons (Fsp3) is 0.208. The van der Waals surface area contributed by atoms with E-state index in [9.17, 15) is 4.79 Å². The Morgan fingerprint density at radius 2 is 1.39 bits per heavy atom. The lowest BCUT2D eigenvalue weighted by Crippen LogP contribution is -2.40. The smallest absolute Gasteiger partial charge is 0.305 e. The number of nitrogens with zero attached hydrogens (tertiary/aromatic N) is 1. The van der Waals surface area contributed by atoms with E-state index < -0.39 is 5.79 Å². The summed E-state index contributed by atoms with van der Waals surface area (Å²) in [5.41, 5.74) is 1.85. The molecule has 5 nitrogen and oxygen atoms in total. The minimum Gasteiger partial charge on any atom is -0.439 e. The molecular weight excluding hydrogens is 437 g/mol. The molecule has 2 heterocycles. The van der Waals surface area contributed by atoms with E-state index in [1.54, 1.807) is 11.0 Å². The summed E-state index contributed by atoms with van der Waals surface area (Å²) in [6.07, 6.45) is 0. The van der Waals surface area contributed by atoms with Gasteiger partial charge in [-0.2, -0.15) is 0 Å². The number of rotatable bonds is 3. The van der Waals surface area contributed by atoms with Crippen molar-refractivity contribution in [1.82, 2.24) is 4.90 Å². The highest BCUT2D eigenvalue weighted by atomic mass is 35.5. The van der Waals surface area contributed by atoms with Crippen LogP contribution in [0.2, 0.25) is 10.0 Å². The number of morpholine rings is 1. The Balaban J connectivity index is 1.61. The first-order valence-corrected chi connectivity index (χ1v) is 10.7. The summed E-state index contributed by atoms with van der Waals surface area (Å²) in [7, 11) is 0. The van der Waals surface area contributed by atoms with E-state index in [2.05, 4.69) is 0 Å². The van der Waals surface area contributed by atoms with Gasteiger partial charge in [-0.1, -0.05) is 83.9 Å². The van der Waals surface area contributed by atoms with Crippen LogP contribution >= 0.6 is 23.2 Å². The fourth-order valence-corrected chi connectivity index (χ4v) is 4.38. The standard InChI is InChI=1S/C24H19Cl2NO4/c25-19-15-18(23(28)27-11-13-29-14-12-27)20(26)22-21(19)30-24(31-22,16-7-3-1-4-8-16)17-9-5-2-6-10-17/h1-10,15H,11-14H2. The summed E-state index contributed by atoms with van der Waals surface area (Å²) in [6, 6.07) is 20.7. The second-order valence-corrected chi connectivity index (χ2v) is 8.12. The number of hydrogen-bond donors (Lipinski definition) is 0. The maximum Gasteiger partial charge on any atom is 0.305 e. The van der Waals surface area contributed by atoms with Crippen LogP contribution in [0.4, 0.5) is 0 Å². The van der Waals surface area contributed by atoms with Gasteiger partial charge in [-0.15, -0.1) is 0 Å². The third-order valence-corrected chi connectivity index (χ3v) is 6.11. The fourth-order valence-electron chi connectivity index (χ4n) is 3.89. The lowest BCUT2D eigenvalue weighted by atomic mass is 9.97. The molecule has 158 valence electrons. The monoisotopic (exact) mass is 455 g/mol. The van der Waals surface area contributed by atoms with Crippen LogP contribution in [-0.2, 0) is 10.5 Å². The van der Waals surface area contributed by atoms with E-state index in [-0.39, 0.29) is 27.3 Å². The van der Waals surface area contributed by atoms with Gasteiger partial charge in [-0.05, 0) is 6.07 Å². The zero-order valence-electron chi connectivity index (χ0n) is 16.5. The topological polar surface area (TPSA) is 48.0 Å². The molecule has 2 aliphatic heterocycles. The van der Waals surface area contributed by atoms with Gasteiger partial charge in [0.15, 0.2) is 11.5 Å². The molecule has 1 saturated heterocycles. The van der Waals surface area contributed by atoms with Crippen molar-refractivity contribution >= 4 is 29.1 Å². The molecule has 31 heavy (non-hydrogen) atoms. The van der Waals surface area contributed by atoms with Crippen molar-refractivity contribution in [3.8, 4) is 11.5 Å². The normalized spacial score (nSPS) is 16.9.